The SMILES string of the molecule is CN(C)c1nc(N)nc2cc(-c3ccccc3C(F)(F)F)c3c(ccn3CCOC(=O)C(F)(F)F)c12. The standard InChI is InChI=1S/C23H19F6N5O2/c1-33(2)19-17-13-7-8-34(9-10-36-20(35)23(27,28)29)18(13)14(11-16(17)31-21(30)32-19)12-5-3-4-6-15(12)22(24,25)26/h3-8,11H,9-10H2,1-2H3,(H2,30,31,32). The number of fused-ring (bicyclic) bond motifs is 3. The molecule has 0 saturated heterocycles. The zero-order chi connectivity index (χ0) is 26.4. The Balaban J connectivity index is 1.98. The fourth-order valence-corrected chi connectivity index (χ4v) is 4.02. The van der Waals surface area contributed by atoms with Crippen molar-refractivity contribution in [2.75, 3.05) is 31.3 Å². The first-order valence-corrected chi connectivity index (χ1v) is 10.5. The zero-order valence-electron chi connectivity index (χ0n) is 18.9. The van der Waals surface area contributed by atoms with Crippen LogP contribution in [0.2, 0.25) is 0 Å². The van der Waals surface area contributed by atoms with Gasteiger partial charge >= 0.3 is 18.3 Å². The minimum absolute atomic E-state index is 0.0842. The van der Waals surface area contributed by atoms with Crippen LogP contribution < -0.4 is 10.6 Å². The molecule has 0 fully saturated rings. The van der Waals surface area contributed by atoms with Crippen LogP contribution in [0.4, 0.5) is 38.1 Å². The third-order valence-electron chi connectivity index (χ3n) is 5.45. The molecule has 2 aromatic carbocycles. The van der Waals surface area contributed by atoms with E-state index in [9.17, 15) is 31.1 Å². The van der Waals surface area contributed by atoms with Gasteiger partial charge in [0.05, 0.1) is 28.5 Å². The first kappa shape index (κ1) is 25.1. The summed E-state index contributed by atoms with van der Waals surface area (Å²) in [5, 5.41) is 0.939. The Morgan fingerprint density at radius 3 is 2.39 bits per heavy atom. The number of alkyl halides is 6. The third kappa shape index (κ3) is 4.60. The molecular weight excluding hydrogens is 492 g/mol. The van der Waals surface area contributed by atoms with Gasteiger partial charge in [0.15, 0.2) is 0 Å². The van der Waals surface area contributed by atoms with Crippen LogP contribution in [0.5, 0.6) is 0 Å². The molecule has 4 aromatic rings. The maximum atomic E-state index is 13.9. The number of rotatable bonds is 5. The molecule has 0 spiro atoms. The summed E-state index contributed by atoms with van der Waals surface area (Å²) >= 11 is 0. The van der Waals surface area contributed by atoms with Crippen LogP contribution in [0.3, 0.4) is 0 Å². The number of nitrogen functional groups attached to an aromatic ring is 1. The van der Waals surface area contributed by atoms with Gasteiger partial charge in [0, 0.05) is 31.2 Å². The minimum atomic E-state index is -5.16. The smallest absolute Gasteiger partial charge is 0.457 e. The highest BCUT2D eigenvalue weighted by Crippen LogP contribution is 2.43. The second-order valence-electron chi connectivity index (χ2n) is 8.07. The second-order valence-corrected chi connectivity index (χ2v) is 8.07. The summed E-state index contributed by atoms with van der Waals surface area (Å²) < 4.78 is 85.0. The van der Waals surface area contributed by atoms with Crippen molar-refractivity contribution in [1.29, 1.82) is 0 Å². The zero-order valence-corrected chi connectivity index (χ0v) is 18.9. The maximum absolute atomic E-state index is 13.9. The van der Waals surface area contributed by atoms with Crippen LogP contribution in [0, 0.1) is 0 Å². The Hall–Kier alpha value is -4.03. The van der Waals surface area contributed by atoms with Crippen molar-refractivity contribution in [3.05, 3.63) is 48.2 Å². The van der Waals surface area contributed by atoms with Crippen LogP contribution in [-0.2, 0) is 22.3 Å². The Morgan fingerprint density at radius 2 is 1.75 bits per heavy atom. The van der Waals surface area contributed by atoms with E-state index >= 15 is 0 Å². The summed E-state index contributed by atoms with van der Waals surface area (Å²) in [6.07, 6.45) is -8.36. The maximum Gasteiger partial charge on any atom is 0.490 e. The summed E-state index contributed by atoms with van der Waals surface area (Å²) in [7, 11) is 3.40. The predicted octanol–water partition coefficient (Wildman–Crippen LogP) is 5.02. The average molecular weight is 511 g/mol. The van der Waals surface area contributed by atoms with E-state index in [4.69, 9.17) is 5.73 Å². The van der Waals surface area contributed by atoms with Gasteiger partial charge in [-0.15, -0.1) is 0 Å². The van der Waals surface area contributed by atoms with E-state index in [1.165, 1.54) is 35.0 Å². The Kier molecular flexibility index (Phi) is 6.18. The van der Waals surface area contributed by atoms with E-state index in [0.29, 0.717) is 16.6 Å². The number of ether oxygens (including phenoxy) is 1. The van der Waals surface area contributed by atoms with E-state index in [1.807, 2.05) is 0 Å². The van der Waals surface area contributed by atoms with Crippen molar-refractivity contribution in [2.24, 2.45) is 0 Å². The topological polar surface area (TPSA) is 86.3 Å². The molecule has 0 radical (unpaired) electrons. The highest BCUT2D eigenvalue weighted by atomic mass is 19.4. The number of anilines is 2. The third-order valence-corrected chi connectivity index (χ3v) is 5.45. The van der Waals surface area contributed by atoms with E-state index in [0.717, 1.165) is 6.07 Å². The van der Waals surface area contributed by atoms with Gasteiger partial charge in [0.1, 0.15) is 12.4 Å². The molecule has 2 N–H and O–H groups in total. The lowest BCUT2D eigenvalue weighted by molar-refractivity contribution is -0.199. The molecule has 0 aliphatic rings. The monoisotopic (exact) mass is 511 g/mol. The number of benzene rings is 2. The molecule has 0 aliphatic heterocycles. The van der Waals surface area contributed by atoms with E-state index in [2.05, 4.69) is 14.7 Å². The van der Waals surface area contributed by atoms with Crippen LogP contribution in [-0.4, -0.2) is 47.4 Å². The normalized spacial score (nSPS) is 12.3. The quantitative estimate of drug-likeness (QED) is 0.299. The molecule has 0 unspecified atom stereocenters. The van der Waals surface area contributed by atoms with Gasteiger partial charge < -0.3 is 19.9 Å². The fourth-order valence-electron chi connectivity index (χ4n) is 4.02. The van der Waals surface area contributed by atoms with E-state index in [-0.39, 0.29) is 34.7 Å². The molecule has 0 amide bonds. The first-order chi connectivity index (χ1) is 16.8. The number of hydrogen-bond acceptors (Lipinski definition) is 6. The Labute approximate surface area is 200 Å². The Bertz CT molecular complexity index is 1460. The van der Waals surface area contributed by atoms with Crippen LogP contribution in [0.1, 0.15) is 5.56 Å². The number of hydrogen-bond donors (Lipinski definition) is 1. The molecule has 13 heteroatoms. The number of aromatic nitrogens is 3. The molecule has 2 heterocycles. The largest absolute Gasteiger partial charge is 0.490 e. The lowest BCUT2D eigenvalue weighted by Crippen LogP contribution is -2.26. The van der Waals surface area contributed by atoms with Gasteiger partial charge in [-0.1, -0.05) is 18.2 Å². The van der Waals surface area contributed by atoms with Crippen molar-refractivity contribution in [3.8, 4) is 11.1 Å². The fraction of sp³-hybridized carbons (Fsp3) is 0.261. The molecule has 0 atom stereocenters. The highest BCUT2D eigenvalue weighted by Gasteiger charge is 2.41. The van der Waals surface area contributed by atoms with Crippen LogP contribution in [0.15, 0.2) is 42.6 Å². The number of esters is 1. The van der Waals surface area contributed by atoms with Crippen molar-refractivity contribution < 1.29 is 35.9 Å². The van der Waals surface area contributed by atoms with Gasteiger partial charge in [-0.3, -0.25) is 0 Å². The minimum Gasteiger partial charge on any atom is -0.457 e. The van der Waals surface area contributed by atoms with Crippen LogP contribution >= 0.6 is 0 Å². The van der Waals surface area contributed by atoms with Crippen molar-refractivity contribution in [1.82, 2.24) is 14.5 Å². The molecule has 4 rings (SSSR count). The van der Waals surface area contributed by atoms with Crippen molar-refractivity contribution in [3.63, 3.8) is 0 Å². The van der Waals surface area contributed by atoms with Gasteiger partial charge in [-0.25, -0.2) is 9.78 Å². The van der Waals surface area contributed by atoms with E-state index in [1.54, 1.807) is 25.1 Å². The second kappa shape index (κ2) is 8.88. The number of nitrogens with zero attached hydrogens (tertiary/aromatic N) is 4. The Morgan fingerprint density at radius 1 is 1.06 bits per heavy atom. The summed E-state index contributed by atoms with van der Waals surface area (Å²) in [5.74, 6) is -2.04. The van der Waals surface area contributed by atoms with Crippen LogP contribution in [0.25, 0.3) is 32.9 Å². The summed E-state index contributed by atoms with van der Waals surface area (Å²) in [6, 6.07) is 7.95. The number of carbonyl (C=O) groups is 1. The molecular formula is C23H19F6N5O2. The molecule has 2 aromatic heterocycles. The van der Waals surface area contributed by atoms with Gasteiger partial charge in [0.25, 0.3) is 0 Å². The number of nitrogens with two attached hydrogens (primary N) is 1. The number of carbonyl (C=O) groups excluding carboxylic acids is 1. The summed E-state index contributed by atoms with van der Waals surface area (Å²) in [4.78, 5) is 21.2. The molecule has 0 aliphatic carbocycles. The lowest BCUT2D eigenvalue weighted by atomic mass is 9.95. The van der Waals surface area contributed by atoms with Gasteiger partial charge in [-0.05, 0) is 23.8 Å². The molecule has 190 valence electrons. The molecule has 36 heavy (non-hydrogen) atoms. The summed E-state index contributed by atoms with van der Waals surface area (Å²) in [5.41, 5.74) is 5.48. The highest BCUT2D eigenvalue weighted by molar-refractivity contribution is 6.16. The van der Waals surface area contributed by atoms with Crippen molar-refractivity contribution in [2.45, 2.75) is 18.9 Å². The molecule has 0 saturated carbocycles. The predicted molar refractivity (Wildman–Crippen MR) is 121 cm³/mol. The van der Waals surface area contributed by atoms with E-state index < -0.39 is 30.5 Å². The average Bonchev–Trinajstić information content (AvgIpc) is 3.20. The number of halogens is 6. The van der Waals surface area contributed by atoms with Gasteiger partial charge in [-0.2, -0.15) is 31.3 Å². The van der Waals surface area contributed by atoms with Crippen molar-refractivity contribution >= 4 is 39.5 Å². The first-order valence-electron chi connectivity index (χ1n) is 10.5. The lowest BCUT2D eigenvalue weighted by Gasteiger charge is -2.19. The summed E-state index contributed by atoms with van der Waals surface area (Å²) in [6.45, 7) is -0.898. The molecule has 7 nitrogen and oxygen atoms in total. The van der Waals surface area contributed by atoms with Gasteiger partial charge in [0.2, 0.25) is 5.95 Å². The molecule has 0 bridgehead atoms.